The zero-order chi connectivity index (χ0) is 17.0. The number of aliphatic imine (C=N–C) groups is 1. The van der Waals surface area contributed by atoms with Crippen molar-refractivity contribution in [3.8, 4) is 0 Å². The monoisotopic (exact) mass is 350 g/mol. The van der Waals surface area contributed by atoms with Gasteiger partial charge in [0.15, 0.2) is 5.96 Å². The first-order valence-corrected chi connectivity index (χ1v) is 9.04. The van der Waals surface area contributed by atoms with Gasteiger partial charge in [0, 0.05) is 57.2 Å². The molecule has 1 saturated carbocycles. The topological polar surface area (TPSA) is 54.1 Å². The summed E-state index contributed by atoms with van der Waals surface area (Å²) < 4.78 is 5.20. The third-order valence-electron chi connectivity index (χ3n) is 5.17. The van der Waals surface area contributed by atoms with Crippen LogP contribution in [0, 0.1) is 5.41 Å². The molecule has 2 aliphatic rings. The van der Waals surface area contributed by atoms with Gasteiger partial charge in [-0.2, -0.15) is 0 Å². The van der Waals surface area contributed by atoms with Crippen molar-refractivity contribution in [3.05, 3.63) is 29.3 Å². The summed E-state index contributed by atoms with van der Waals surface area (Å²) in [6.07, 6.45) is 3.58. The molecule has 1 aliphatic heterocycles. The summed E-state index contributed by atoms with van der Waals surface area (Å²) in [5.41, 5.74) is 7.79. The summed E-state index contributed by atoms with van der Waals surface area (Å²) in [4.78, 5) is 9.23. The molecule has 6 heteroatoms. The van der Waals surface area contributed by atoms with E-state index in [0.717, 1.165) is 50.8 Å². The van der Waals surface area contributed by atoms with E-state index < -0.39 is 0 Å². The van der Waals surface area contributed by atoms with E-state index in [1.165, 1.54) is 18.5 Å². The van der Waals surface area contributed by atoms with Crippen molar-refractivity contribution in [2.45, 2.75) is 19.3 Å². The van der Waals surface area contributed by atoms with Crippen LogP contribution in [0.3, 0.4) is 0 Å². The number of rotatable bonds is 6. The Morgan fingerprint density at radius 3 is 2.46 bits per heavy atom. The summed E-state index contributed by atoms with van der Waals surface area (Å²) in [6, 6.07) is 8.02. The van der Waals surface area contributed by atoms with Crippen molar-refractivity contribution in [1.29, 1.82) is 0 Å². The van der Waals surface area contributed by atoms with E-state index in [1.807, 2.05) is 12.1 Å². The van der Waals surface area contributed by atoms with Crippen LogP contribution in [0.4, 0.5) is 5.69 Å². The Morgan fingerprint density at radius 2 is 1.88 bits per heavy atom. The lowest BCUT2D eigenvalue weighted by molar-refractivity contribution is 0.174. The van der Waals surface area contributed by atoms with E-state index in [4.69, 9.17) is 22.1 Å². The molecule has 0 radical (unpaired) electrons. The van der Waals surface area contributed by atoms with Crippen LogP contribution in [0.1, 0.15) is 19.3 Å². The van der Waals surface area contributed by atoms with E-state index in [2.05, 4.69) is 26.9 Å². The number of methoxy groups -OCH3 is 1. The summed E-state index contributed by atoms with van der Waals surface area (Å²) in [5, 5.41) is 0.774. The van der Waals surface area contributed by atoms with Gasteiger partial charge >= 0.3 is 0 Å². The number of halogens is 1. The predicted octanol–water partition coefficient (Wildman–Crippen LogP) is 2.59. The number of anilines is 1. The van der Waals surface area contributed by atoms with Crippen LogP contribution in [0.5, 0.6) is 0 Å². The Hall–Kier alpha value is -1.46. The maximum atomic E-state index is 6.22. The first kappa shape index (κ1) is 17.4. The van der Waals surface area contributed by atoms with Crippen molar-refractivity contribution >= 4 is 23.2 Å². The highest BCUT2D eigenvalue weighted by atomic mass is 35.5. The molecule has 0 amide bonds. The van der Waals surface area contributed by atoms with Gasteiger partial charge in [-0.25, -0.2) is 0 Å². The average Bonchev–Trinajstić information content (AvgIpc) is 3.39. The molecule has 0 aromatic heterocycles. The molecule has 132 valence electrons. The molecule has 2 N–H and O–H groups in total. The Balaban J connectivity index is 1.49. The van der Waals surface area contributed by atoms with E-state index in [-0.39, 0.29) is 0 Å². The number of nitrogens with two attached hydrogens (primary N) is 1. The Bertz CT molecular complexity index is 563. The first-order chi connectivity index (χ1) is 11.6. The van der Waals surface area contributed by atoms with Gasteiger partial charge in [0.2, 0.25) is 0 Å². The van der Waals surface area contributed by atoms with Crippen LogP contribution < -0.4 is 10.6 Å². The highest BCUT2D eigenvalue weighted by molar-refractivity contribution is 6.30. The zero-order valence-electron chi connectivity index (χ0n) is 14.4. The Kier molecular flexibility index (Phi) is 5.51. The van der Waals surface area contributed by atoms with Crippen LogP contribution in [0.15, 0.2) is 29.3 Å². The molecule has 1 aromatic rings. The van der Waals surface area contributed by atoms with Crippen molar-refractivity contribution < 1.29 is 4.74 Å². The molecule has 2 fully saturated rings. The molecule has 0 spiro atoms. The third kappa shape index (κ3) is 4.33. The molecule has 3 rings (SSSR count). The summed E-state index contributed by atoms with van der Waals surface area (Å²) in [6.45, 7) is 5.36. The van der Waals surface area contributed by atoms with Crippen molar-refractivity contribution in [2.75, 3.05) is 51.3 Å². The van der Waals surface area contributed by atoms with Crippen LogP contribution in [0.25, 0.3) is 0 Å². The van der Waals surface area contributed by atoms with Crippen molar-refractivity contribution in [3.63, 3.8) is 0 Å². The third-order valence-corrected chi connectivity index (χ3v) is 5.42. The highest BCUT2D eigenvalue weighted by Gasteiger charge is 2.41. The molecule has 1 aliphatic carbocycles. The minimum Gasteiger partial charge on any atom is -0.385 e. The lowest BCUT2D eigenvalue weighted by atomic mass is 10.0. The summed E-state index contributed by atoms with van der Waals surface area (Å²) >= 11 is 5.96. The van der Waals surface area contributed by atoms with Gasteiger partial charge in [0.05, 0.1) is 0 Å². The minimum atomic E-state index is 0.353. The summed E-state index contributed by atoms with van der Waals surface area (Å²) in [7, 11) is 1.76. The van der Waals surface area contributed by atoms with Crippen molar-refractivity contribution in [1.82, 2.24) is 4.90 Å². The predicted molar refractivity (Wildman–Crippen MR) is 99.9 cm³/mol. The second-order valence-electron chi connectivity index (χ2n) is 6.87. The molecule has 5 nitrogen and oxygen atoms in total. The van der Waals surface area contributed by atoms with Crippen LogP contribution >= 0.6 is 11.6 Å². The van der Waals surface area contributed by atoms with Gasteiger partial charge in [-0.15, -0.1) is 0 Å². The largest absolute Gasteiger partial charge is 0.385 e. The smallest absolute Gasteiger partial charge is 0.191 e. The Morgan fingerprint density at radius 1 is 1.21 bits per heavy atom. The lowest BCUT2D eigenvalue weighted by Gasteiger charge is -2.36. The van der Waals surface area contributed by atoms with Crippen LogP contribution in [-0.4, -0.2) is 57.3 Å². The number of hydrogen-bond donors (Lipinski definition) is 1. The number of nitrogens with zero attached hydrogens (tertiary/aromatic N) is 3. The molecule has 24 heavy (non-hydrogen) atoms. The SMILES string of the molecule is COCCC1(CN=C(N)N2CCN(c3ccc(Cl)cc3)CC2)CC1. The molecule has 1 aromatic carbocycles. The lowest BCUT2D eigenvalue weighted by Crippen LogP contribution is -2.51. The fourth-order valence-corrected chi connectivity index (χ4v) is 3.30. The molecular formula is C18H27ClN4O. The molecule has 0 unspecified atom stereocenters. The van der Waals surface area contributed by atoms with Gasteiger partial charge < -0.3 is 20.3 Å². The fraction of sp³-hybridized carbons (Fsp3) is 0.611. The number of piperazine rings is 1. The fourth-order valence-electron chi connectivity index (χ4n) is 3.18. The van der Waals surface area contributed by atoms with Crippen LogP contribution in [0.2, 0.25) is 5.02 Å². The van der Waals surface area contributed by atoms with Crippen molar-refractivity contribution in [2.24, 2.45) is 16.1 Å². The first-order valence-electron chi connectivity index (χ1n) is 8.66. The average molecular weight is 351 g/mol. The number of guanidine groups is 1. The number of ether oxygens (including phenoxy) is 1. The van der Waals surface area contributed by atoms with Gasteiger partial charge in [-0.1, -0.05) is 11.6 Å². The minimum absolute atomic E-state index is 0.353. The maximum Gasteiger partial charge on any atom is 0.191 e. The number of benzene rings is 1. The van der Waals surface area contributed by atoms with E-state index >= 15 is 0 Å². The molecule has 0 atom stereocenters. The second-order valence-corrected chi connectivity index (χ2v) is 7.30. The molecule has 0 bridgehead atoms. The molecule has 1 heterocycles. The van der Waals surface area contributed by atoms with Gasteiger partial charge in [-0.3, -0.25) is 4.99 Å². The summed E-state index contributed by atoms with van der Waals surface area (Å²) in [5.74, 6) is 0.689. The zero-order valence-corrected chi connectivity index (χ0v) is 15.1. The quantitative estimate of drug-likeness (QED) is 0.633. The Labute approximate surface area is 149 Å². The van der Waals surface area contributed by atoms with Crippen LogP contribution in [-0.2, 0) is 4.74 Å². The van der Waals surface area contributed by atoms with E-state index in [9.17, 15) is 0 Å². The second kappa shape index (κ2) is 7.62. The maximum absolute atomic E-state index is 6.22. The highest BCUT2D eigenvalue weighted by Crippen LogP contribution is 2.48. The number of hydrogen-bond acceptors (Lipinski definition) is 3. The molecular weight excluding hydrogens is 324 g/mol. The van der Waals surface area contributed by atoms with E-state index in [1.54, 1.807) is 7.11 Å². The van der Waals surface area contributed by atoms with Gasteiger partial charge in [0.1, 0.15) is 0 Å². The molecule has 1 saturated heterocycles. The van der Waals surface area contributed by atoms with E-state index in [0.29, 0.717) is 11.4 Å². The standard InChI is InChI=1S/C18H27ClN4O/c1-24-13-8-18(6-7-18)14-21-17(20)23-11-9-22(10-12-23)16-4-2-15(19)3-5-16/h2-5H,6-14H2,1H3,(H2,20,21). The van der Waals surface area contributed by atoms with Gasteiger partial charge in [0.25, 0.3) is 0 Å². The van der Waals surface area contributed by atoms with Gasteiger partial charge in [-0.05, 0) is 48.9 Å². The normalized spacial score (nSPS) is 20.3.